The number of aromatic nitrogens is 2. The van der Waals surface area contributed by atoms with Crippen molar-refractivity contribution in [1.82, 2.24) is 9.78 Å². The van der Waals surface area contributed by atoms with Crippen LogP contribution in [0.2, 0.25) is 0 Å². The Morgan fingerprint density at radius 2 is 2.33 bits per heavy atom. The summed E-state index contributed by atoms with van der Waals surface area (Å²) >= 11 is 0. The molecule has 5 heteroatoms. The van der Waals surface area contributed by atoms with Gasteiger partial charge >= 0.3 is 5.97 Å². The topological polar surface area (TPSA) is 55.1 Å². The number of benzene rings is 1. The summed E-state index contributed by atoms with van der Waals surface area (Å²) in [5.41, 5.74) is 0.474. The first-order chi connectivity index (χ1) is 7.13. The van der Waals surface area contributed by atoms with E-state index in [4.69, 9.17) is 5.11 Å². The molecule has 0 unspecified atom stereocenters. The largest absolute Gasteiger partial charge is 0.477 e. The molecule has 0 aliphatic carbocycles. The molecule has 0 amide bonds. The summed E-state index contributed by atoms with van der Waals surface area (Å²) in [6, 6.07) is 3.90. The van der Waals surface area contributed by atoms with Gasteiger partial charge in [-0.15, -0.1) is 0 Å². The maximum Gasteiger partial charge on any atom is 0.354 e. The van der Waals surface area contributed by atoms with Crippen LogP contribution in [0.4, 0.5) is 4.39 Å². The van der Waals surface area contributed by atoms with E-state index >= 15 is 0 Å². The number of nitrogens with zero attached hydrogens (tertiary/aromatic N) is 2. The average molecular weight is 208 g/mol. The Bertz CT molecular complexity index is 533. The minimum absolute atomic E-state index is 0.104. The van der Waals surface area contributed by atoms with Crippen molar-refractivity contribution in [2.75, 3.05) is 0 Å². The zero-order chi connectivity index (χ0) is 11.0. The number of hydrogen-bond donors (Lipinski definition) is 1. The lowest BCUT2D eigenvalue weighted by atomic mass is 10.2. The number of hydrogen-bond acceptors (Lipinski definition) is 2. The summed E-state index contributed by atoms with van der Waals surface area (Å²) in [6.07, 6.45) is 0. The Hall–Kier alpha value is -1.91. The van der Waals surface area contributed by atoms with Crippen LogP contribution in [0.3, 0.4) is 0 Å². The van der Waals surface area contributed by atoms with E-state index in [1.165, 1.54) is 22.9 Å². The molecule has 1 aromatic carbocycles. The van der Waals surface area contributed by atoms with Crippen LogP contribution in [-0.2, 0) is 6.54 Å². The molecule has 0 spiro atoms. The fourth-order valence-electron chi connectivity index (χ4n) is 1.56. The molecule has 0 saturated carbocycles. The van der Waals surface area contributed by atoms with E-state index in [0.29, 0.717) is 17.4 Å². The zero-order valence-corrected chi connectivity index (χ0v) is 8.07. The standard InChI is InChI=1S/C10H9FN2O2/c1-2-13-9(10(14)15)7-4-3-6(11)5-8(7)12-13/h3-5H,2H2,1H3,(H,14,15). The van der Waals surface area contributed by atoms with Crippen molar-refractivity contribution in [3.8, 4) is 0 Å². The first kappa shape index (κ1) is 9.64. The second-order valence-corrected chi connectivity index (χ2v) is 3.13. The van der Waals surface area contributed by atoms with Crippen molar-refractivity contribution in [2.45, 2.75) is 13.5 Å². The minimum Gasteiger partial charge on any atom is -0.477 e. The molecule has 2 aromatic rings. The van der Waals surface area contributed by atoms with Crippen LogP contribution < -0.4 is 0 Å². The van der Waals surface area contributed by atoms with E-state index in [1.54, 1.807) is 6.92 Å². The van der Waals surface area contributed by atoms with Gasteiger partial charge < -0.3 is 5.11 Å². The molecule has 1 aromatic heterocycles. The maximum absolute atomic E-state index is 12.9. The molecule has 78 valence electrons. The SMILES string of the molecule is CCn1nc2cc(F)ccc2c1C(=O)O. The van der Waals surface area contributed by atoms with Crippen LogP contribution in [0.25, 0.3) is 10.9 Å². The van der Waals surface area contributed by atoms with Crippen molar-refractivity contribution in [1.29, 1.82) is 0 Å². The summed E-state index contributed by atoms with van der Waals surface area (Å²) in [4.78, 5) is 11.0. The lowest BCUT2D eigenvalue weighted by Gasteiger charge is -1.98. The van der Waals surface area contributed by atoms with Gasteiger partial charge in [-0.05, 0) is 19.1 Å². The predicted molar refractivity (Wildman–Crippen MR) is 52.3 cm³/mol. The van der Waals surface area contributed by atoms with Gasteiger partial charge in [0.05, 0.1) is 5.52 Å². The number of carbonyl (C=O) groups is 1. The Kier molecular flexibility index (Phi) is 2.15. The quantitative estimate of drug-likeness (QED) is 0.819. The van der Waals surface area contributed by atoms with E-state index in [0.717, 1.165) is 0 Å². The van der Waals surface area contributed by atoms with E-state index < -0.39 is 11.8 Å². The Balaban J connectivity index is 2.80. The van der Waals surface area contributed by atoms with Crippen LogP contribution in [-0.4, -0.2) is 20.9 Å². The fraction of sp³-hybridized carbons (Fsp3) is 0.200. The summed E-state index contributed by atoms with van der Waals surface area (Å²) in [7, 11) is 0. The Morgan fingerprint density at radius 3 is 2.93 bits per heavy atom. The molecule has 0 aliphatic heterocycles. The first-order valence-corrected chi connectivity index (χ1v) is 4.53. The highest BCUT2D eigenvalue weighted by Crippen LogP contribution is 2.19. The third-order valence-electron chi connectivity index (χ3n) is 2.20. The zero-order valence-electron chi connectivity index (χ0n) is 8.07. The second-order valence-electron chi connectivity index (χ2n) is 3.13. The van der Waals surface area contributed by atoms with Gasteiger partial charge in [-0.2, -0.15) is 5.10 Å². The fourth-order valence-corrected chi connectivity index (χ4v) is 1.56. The highest BCUT2D eigenvalue weighted by Gasteiger charge is 2.16. The number of fused-ring (bicyclic) bond motifs is 1. The van der Waals surface area contributed by atoms with Crippen molar-refractivity contribution < 1.29 is 14.3 Å². The van der Waals surface area contributed by atoms with Crippen LogP contribution in [0.15, 0.2) is 18.2 Å². The van der Waals surface area contributed by atoms with E-state index in [2.05, 4.69) is 5.10 Å². The third kappa shape index (κ3) is 1.45. The summed E-state index contributed by atoms with van der Waals surface area (Å²) < 4.78 is 14.2. The molecular formula is C10H9FN2O2. The van der Waals surface area contributed by atoms with Crippen LogP contribution in [0.1, 0.15) is 17.4 Å². The van der Waals surface area contributed by atoms with Gasteiger partial charge in [0, 0.05) is 18.0 Å². The molecule has 0 radical (unpaired) electrons. The Morgan fingerprint density at radius 1 is 1.60 bits per heavy atom. The molecule has 1 heterocycles. The Labute approximate surface area is 84.9 Å². The lowest BCUT2D eigenvalue weighted by Crippen LogP contribution is -2.08. The molecule has 0 aliphatic rings. The van der Waals surface area contributed by atoms with Gasteiger partial charge in [0.2, 0.25) is 0 Å². The number of carboxylic acids is 1. The summed E-state index contributed by atoms with van der Waals surface area (Å²) in [5, 5.41) is 13.5. The van der Waals surface area contributed by atoms with E-state index in [9.17, 15) is 9.18 Å². The monoisotopic (exact) mass is 208 g/mol. The molecule has 0 fully saturated rings. The normalized spacial score (nSPS) is 10.8. The molecule has 1 N–H and O–H groups in total. The highest BCUT2D eigenvalue weighted by atomic mass is 19.1. The molecular weight excluding hydrogens is 199 g/mol. The number of halogens is 1. The van der Waals surface area contributed by atoms with Crippen LogP contribution >= 0.6 is 0 Å². The van der Waals surface area contributed by atoms with Crippen molar-refractivity contribution in [3.63, 3.8) is 0 Å². The third-order valence-corrected chi connectivity index (χ3v) is 2.20. The van der Waals surface area contributed by atoms with Crippen molar-refractivity contribution in [2.24, 2.45) is 0 Å². The molecule has 4 nitrogen and oxygen atoms in total. The van der Waals surface area contributed by atoms with Crippen molar-refractivity contribution >= 4 is 16.9 Å². The van der Waals surface area contributed by atoms with E-state index in [-0.39, 0.29) is 5.69 Å². The predicted octanol–water partition coefficient (Wildman–Crippen LogP) is 1.89. The number of carboxylic acid groups (broad SMARTS) is 1. The summed E-state index contributed by atoms with van der Waals surface area (Å²) in [5.74, 6) is -1.47. The van der Waals surface area contributed by atoms with Crippen molar-refractivity contribution in [3.05, 3.63) is 29.7 Å². The number of aryl methyl sites for hydroxylation is 1. The van der Waals surface area contributed by atoms with E-state index in [1.807, 2.05) is 0 Å². The van der Waals surface area contributed by atoms with Gasteiger partial charge in [0.25, 0.3) is 0 Å². The number of rotatable bonds is 2. The molecule has 0 atom stereocenters. The number of aromatic carboxylic acids is 1. The minimum atomic E-state index is -1.05. The smallest absolute Gasteiger partial charge is 0.354 e. The van der Waals surface area contributed by atoms with Gasteiger partial charge in [-0.3, -0.25) is 4.68 Å². The maximum atomic E-state index is 12.9. The van der Waals surface area contributed by atoms with Crippen LogP contribution in [0.5, 0.6) is 0 Å². The second kappa shape index (κ2) is 3.34. The molecule has 15 heavy (non-hydrogen) atoms. The van der Waals surface area contributed by atoms with Gasteiger partial charge in [-0.1, -0.05) is 0 Å². The molecule has 2 rings (SSSR count). The van der Waals surface area contributed by atoms with Gasteiger partial charge in [0.1, 0.15) is 5.82 Å². The molecule has 0 saturated heterocycles. The van der Waals surface area contributed by atoms with Gasteiger partial charge in [0.15, 0.2) is 5.69 Å². The lowest BCUT2D eigenvalue weighted by molar-refractivity contribution is 0.0685. The highest BCUT2D eigenvalue weighted by molar-refractivity contribution is 6.01. The van der Waals surface area contributed by atoms with Crippen LogP contribution in [0, 0.1) is 5.82 Å². The summed E-state index contributed by atoms with van der Waals surface area (Å²) in [6.45, 7) is 2.23. The molecule has 0 bridgehead atoms. The van der Waals surface area contributed by atoms with Gasteiger partial charge in [-0.25, -0.2) is 9.18 Å². The first-order valence-electron chi connectivity index (χ1n) is 4.53. The average Bonchev–Trinajstić information content (AvgIpc) is 2.54.